The van der Waals surface area contributed by atoms with E-state index in [2.05, 4.69) is 25.1 Å². The van der Waals surface area contributed by atoms with Crippen molar-refractivity contribution in [2.45, 2.75) is 17.1 Å². The molecule has 4 N–H and O–H groups in total. The fraction of sp³-hybridized carbons (Fsp3) is 0.182. The van der Waals surface area contributed by atoms with Crippen LogP contribution in [-0.4, -0.2) is 29.5 Å². The molecule has 3 aromatic heterocycles. The molecular formula is C11H9F3N8S. The SMILES string of the molecule is Nc1nc(N)nc(CSc2nnc3ccc(C(F)(F)F)cn23)n1. The van der Waals surface area contributed by atoms with Gasteiger partial charge in [-0.2, -0.15) is 28.1 Å². The van der Waals surface area contributed by atoms with Crippen molar-refractivity contribution in [3.05, 3.63) is 29.7 Å². The van der Waals surface area contributed by atoms with Gasteiger partial charge in [0.2, 0.25) is 11.9 Å². The van der Waals surface area contributed by atoms with Crippen molar-refractivity contribution in [3.8, 4) is 0 Å². The fourth-order valence-electron chi connectivity index (χ4n) is 1.79. The predicted octanol–water partition coefficient (Wildman–Crippen LogP) is 1.39. The minimum absolute atomic E-state index is 0.0291. The van der Waals surface area contributed by atoms with Gasteiger partial charge in [-0.1, -0.05) is 11.8 Å². The number of alkyl halides is 3. The number of anilines is 2. The van der Waals surface area contributed by atoms with Crippen molar-refractivity contribution in [3.63, 3.8) is 0 Å². The number of rotatable bonds is 3. The molecule has 0 radical (unpaired) electrons. The summed E-state index contributed by atoms with van der Waals surface area (Å²) in [7, 11) is 0. The Balaban J connectivity index is 1.88. The average molecular weight is 342 g/mol. The third-order valence-electron chi connectivity index (χ3n) is 2.75. The second kappa shape index (κ2) is 5.53. The van der Waals surface area contributed by atoms with Gasteiger partial charge in [0.15, 0.2) is 10.8 Å². The van der Waals surface area contributed by atoms with Crippen LogP contribution in [-0.2, 0) is 11.9 Å². The molecule has 0 aliphatic heterocycles. The monoisotopic (exact) mass is 342 g/mol. The average Bonchev–Trinajstić information content (AvgIpc) is 2.85. The van der Waals surface area contributed by atoms with E-state index < -0.39 is 11.7 Å². The minimum Gasteiger partial charge on any atom is -0.368 e. The third-order valence-corrected chi connectivity index (χ3v) is 3.68. The standard InChI is InChI=1S/C11H9F3N8S/c12-11(13,14)5-1-2-7-20-21-10(22(7)3-5)23-4-6-17-8(15)19-9(16)18-6/h1-3H,4H2,(H4,15,16,17,18,19). The lowest BCUT2D eigenvalue weighted by molar-refractivity contribution is -0.137. The summed E-state index contributed by atoms with van der Waals surface area (Å²) < 4.78 is 39.6. The highest BCUT2D eigenvalue weighted by atomic mass is 32.2. The summed E-state index contributed by atoms with van der Waals surface area (Å²) >= 11 is 1.10. The number of nitrogen functional groups attached to an aromatic ring is 2. The predicted molar refractivity (Wildman–Crippen MR) is 76.2 cm³/mol. The summed E-state index contributed by atoms with van der Waals surface area (Å²) in [4.78, 5) is 11.4. The summed E-state index contributed by atoms with van der Waals surface area (Å²) in [6, 6.07) is 2.20. The summed E-state index contributed by atoms with van der Waals surface area (Å²) in [5.41, 5.74) is 10.4. The zero-order valence-corrected chi connectivity index (χ0v) is 12.1. The molecule has 3 aromatic rings. The zero-order chi connectivity index (χ0) is 16.6. The maximum absolute atomic E-state index is 12.8. The molecule has 8 nitrogen and oxygen atoms in total. The highest BCUT2D eigenvalue weighted by Gasteiger charge is 2.31. The van der Waals surface area contributed by atoms with Gasteiger partial charge < -0.3 is 11.5 Å². The Kier molecular flexibility index (Phi) is 3.67. The number of pyridine rings is 1. The summed E-state index contributed by atoms with van der Waals surface area (Å²) in [5, 5.41) is 7.93. The second-order valence-electron chi connectivity index (χ2n) is 4.38. The van der Waals surface area contributed by atoms with Crippen molar-refractivity contribution in [1.82, 2.24) is 29.5 Å². The smallest absolute Gasteiger partial charge is 0.368 e. The van der Waals surface area contributed by atoms with E-state index >= 15 is 0 Å². The maximum Gasteiger partial charge on any atom is 0.417 e. The van der Waals surface area contributed by atoms with Crippen molar-refractivity contribution in [2.75, 3.05) is 11.5 Å². The van der Waals surface area contributed by atoms with E-state index in [9.17, 15) is 13.2 Å². The van der Waals surface area contributed by atoms with Crippen LogP contribution in [0.25, 0.3) is 5.65 Å². The molecule has 0 saturated carbocycles. The molecule has 0 atom stereocenters. The summed E-state index contributed by atoms with van der Waals surface area (Å²) in [6.45, 7) is 0. The van der Waals surface area contributed by atoms with Crippen molar-refractivity contribution >= 4 is 29.3 Å². The van der Waals surface area contributed by atoms with Crippen LogP contribution in [0.5, 0.6) is 0 Å². The van der Waals surface area contributed by atoms with Gasteiger partial charge in [0, 0.05) is 6.20 Å². The highest BCUT2D eigenvalue weighted by Crippen LogP contribution is 2.30. The molecule has 120 valence electrons. The first-order chi connectivity index (χ1) is 10.8. The minimum atomic E-state index is -4.45. The van der Waals surface area contributed by atoms with Crippen LogP contribution in [0.15, 0.2) is 23.5 Å². The van der Waals surface area contributed by atoms with Crippen LogP contribution in [0, 0.1) is 0 Å². The molecule has 0 unspecified atom stereocenters. The van der Waals surface area contributed by atoms with Gasteiger partial charge in [-0.25, -0.2) is 0 Å². The topological polar surface area (TPSA) is 121 Å². The summed E-state index contributed by atoms with van der Waals surface area (Å²) in [6.07, 6.45) is -3.51. The van der Waals surface area contributed by atoms with Crippen molar-refractivity contribution < 1.29 is 13.2 Å². The normalized spacial score (nSPS) is 12.0. The van der Waals surface area contributed by atoms with Crippen LogP contribution < -0.4 is 11.5 Å². The number of nitrogens with zero attached hydrogens (tertiary/aromatic N) is 6. The van der Waals surface area contributed by atoms with Gasteiger partial charge in [-0.15, -0.1) is 10.2 Å². The van der Waals surface area contributed by atoms with Crippen molar-refractivity contribution in [2.24, 2.45) is 0 Å². The van der Waals surface area contributed by atoms with E-state index in [-0.39, 0.29) is 22.8 Å². The number of hydrogen-bond donors (Lipinski definition) is 2. The molecule has 3 rings (SSSR count). The van der Waals surface area contributed by atoms with Crippen LogP contribution in [0.3, 0.4) is 0 Å². The van der Waals surface area contributed by atoms with Crippen LogP contribution in [0.2, 0.25) is 0 Å². The Hall–Kier alpha value is -2.63. The van der Waals surface area contributed by atoms with Gasteiger partial charge in [-0.3, -0.25) is 4.40 Å². The summed E-state index contributed by atoms with van der Waals surface area (Å²) in [5.74, 6) is 0.439. The first-order valence-electron chi connectivity index (χ1n) is 6.13. The lowest BCUT2D eigenvalue weighted by atomic mass is 10.3. The molecule has 0 aliphatic carbocycles. The molecule has 23 heavy (non-hydrogen) atoms. The van der Waals surface area contributed by atoms with Crippen LogP contribution >= 0.6 is 11.8 Å². The van der Waals surface area contributed by atoms with Gasteiger partial charge in [0.25, 0.3) is 0 Å². The Labute approximate surface area is 131 Å². The number of thioether (sulfide) groups is 1. The number of fused-ring (bicyclic) bond motifs is 1. The highest BCUT2D eigenvalue weighted by molar-refractivity contribution is 7.98. The number of hydrogen-bond acceptors (Lipinski definition) is 8. The maximum atomic E-state index is 12.8. The second-order valence-corrected chi connectivity index (χ2v) is 5.33. The largest absolute Gasteiger partial charge is 0.417 e. The molecule has 0 amide bonds. The first-order valence-corrected chi connectivity index (χ1v) is 7.12. The molecule has 0 aliphatic rings. The Morgan fingerprint density at radius 1 is 1.04 bits per heavy atom. The Bertz CT molecular complexity index is 842. The molecule has 0 spiro atoms. The quantitative estimate of drug-likeness (QED) is 0.685. The Morgan fingerprint density at radius 3 is 2.39 bits per heavy atom. The zero-order valence-electron chi connectivity index (χ0n) is 11.3. The van der Waals surface area contributed by atoms with Gasteiger partial charge in [-0.05, 0) is 12.1 Å². The van der Waals surface area contributed by atoms with Crippen LogP contribution in [0.1, 0.15) is 11.4 Å². The lowest BCUT2D eigenvalue weighted by Crippen LogP contribution is -2.07. The molecular weight excluding hydrogens is 333 g/mol. The van der Waals surface area contributed by atoms with Gasteiger partial charge >= 0.3 is 6.18 Å². The number of halogens is 3. The molecule has 0 aromatic carbocycles. The Morgan fingerprint density at radius 2 is 1.74 bits per heavy atom. The van der Waals surface area contributed by atoms with Gasteiger partial charge in [0.1, 0.15) is 5.82 Å². The molecule has 0 saturated heterocycles. The molecule has 3 heterocycles. The van der Waals surface area contributed by atoms with E-state index in [1.807, 2.05) is 0 Å². The van der Waals surface area contributed by atoms with E-state index in [1.54, 1.807) is 0 Å². The van der Waals surface area contributed by atoms with E-state index in [4.69, 9.17) is 11.5 Å². The van der Waals surface area contributed by atoms with Gasteiger partial charge in [0.05, 0.1) is 11.3 Å². The fourth-order valence-corrected chi connectivity index (χ4v) is 2.56. The third kappa shape index (κ3) is 3.26. The first kappa shape index (κ1) is 15.3. The molecule has 0 bridgehead atoms. The van der Waals surface area contributed by atoms with Crippen molar-refractivity contribution in [1.29, 1.82) is 0 Å². The lowest BCUT2D eigenvalue weighted by Gasteiger charge is -2.07. The van der Waals surface area contributed by atoms with E-state index in [0.717, 1.165) is 24.0 Å². The van der Waals surface area contributed by atoms with E-state index in [1.165, 1.54) is 10.5 Å². The van der Waals surface area contributed by atoms with E-state index in [0.29, 0.717) is 11.5 Å². The molecule has 12 heteroatoms. The van der Waals surface area contributed by atoms with Crippen LogP contribution in [0.4, 0.5) is 25.1 Å². The number of aromatic nitrogens is 6. The molecule has 0 fully saturated rings. The number of nitrogens with two attached hydrogens (primary N) is 2.